The molecular formula is C20H15F3N4O2. The number of nitrogens with one attached hydrogen (secondary N) is 3. The van der Waals surface area contributed by atoms with Gasteiger partial charge in [0.1, 0.15) is 17.5 Å². The molecule has 0 saturated heterocycles. The summed E-state index contributed by atoms with van der Waals surface area (Å²) in [5, 5.41) is 12.0. The SMILES string of the molecule is CC1=C(C(=O)Nc2cc3cn[nH]c3cc2F)C(c2ccc(F)cc2F)CC(=O)N1. The summed E-state index contributed by atoms with van der Waals surface area (Å²) in [5.74, 6) is -4.36. The van der Waals surface area contributed by atoms with Crippen molar-refractivity contribution in [2.24, 2.45) is 0 Å². The Bertz CT molecular complexity index is 1190. The fraction of sp³-hybridized carbons (Fsp3) is 0.150. The lowest BCUT2D eigenvalue weighted by Gasteiger charge is -2.27. The number of halogens is 3. The van der Waals surface area contributed by atoms with Crippen LogP contribution < -0.4 is 10.6 Å². The summed E-state index contributed by atoms with van der Waals surface area (Å²) in [7, 11) is 0. The zero-order valence-electron chi connectivity index (χ0n) is 15.1. The molecule has 2 amide bonds. The summed E-state index contributed by atoms with van der Waals surface area (Å²) >= 11 is 0. The molecule has 1 aliphatic heterocycles. The molecule has 0 fully saturated rings. The Labute approximate surface area is 162 Å². The molecule has 3 aromatic rings. The minimum atomic E-state index is -0.940. The van der Waals surface area contributed by atoms with Gasteiger partial charge in [0.25, 0.3) is 5.91 Å². The summed E-state index contributed by atoms with van der Waals surface area (Å²) in [6, 6.07) is 5.56. The Kier molecular flexibility index (Phi) is 4.57. The first-order valence-electron chi connectivity index (χ1n) is 8.73. The van der Waals surface area contributed by atoms with Crippen molar-refractivity contribution in [3.63, 3.8) is 0 Å². The Morgan fingerprint density at radius 2 is 1.97 bits per heavy atom. The van der Waals surface area contributed by atoms with Crippen molar-refractivity contribution in [3.05, 3.63) is 70.8 Å². The van der Waals surface area contributed by atoms with E-state index in [1.807, 2.05) is 0 Å². The van der Waals surface area contributed by atoms with Crippen molar-refractivity contribution < 1.29 is 22.8 Å². The number of rotatable bonds is 3. The predicted octanol–water partition coefficient (Wildman–Crippen LogP) is 3.50. The van der Waals surface area contributed by atoms with Gasteiger partial charge in [-0.05, 0) is 24.6 Å². The first kappa shape index (κ1) is 18.7. The van der Waals surface area contributed by atoms with E-state index in [9.17, 15) is 22.8 Å². The molecule has 4 rings (SSSR count). The quantitative estimate of drug-likeness (QED) is 0.629. The van der Waals surface area contributed by atoms with Gasteiger partial charge >= 0.3 is 0 Å². The van der Waals surface area contributed by atoms with E-state index < -0.39 is 35.2 Å². The topological polar surface area (TPSA) is 86.9 Å². The van der Waals surface area contributed by atoms with Crippen LogP contribution in [0.25, 0.3) is 10.9 Å². The van der Waals surface area contributed by atoms with E-state index in [4.69, 9.17) is 0 Å². The largest absolute Gasteiger partial charge is 0.330 e. The van der Waals surface area contributed by atoms with Crippen LogP contribution in [0.5, 0.6) is 0 Å². The van der Waals surface area contributed by atoms with Crippen LogP contribution in [0, 0.1) is 17.5 Å². The molecule has 0 radical (unpaired) electrons. The molecule has 2 aromatic carbocycles. The number of aromatic amines is 1. The van der Waals surface area contributed by atoms with E-state index in [2.05, 4.69) is 20.8 Å². The Hall–Kier alpha value is -3.62. The van der Waals surface area contributed by atoms with Gasteiger partial charge in [0.15, 0.2) is 0 Å². The molecule has 0 bridgehead atoms. The molecular weight excluding hydrogens is 385 g/mol. The summed E-state index contributed by atoms with van der Waals surface area (Å²) < 4.78 is 42.0. The summed E-state index contributed by atoms with van der Waals surface area (Å²) in [6.07, 6.45) is 1.28. The molecule has 0 aliphatic carbocycles. The number of H-pyrrole nitrogens is 1. The van der Waals surface area contributed by atoms with E-state index >= 15 is 0 Å². The van der Waals surface area contributed by atoms with Gasteiger partial charge in [-0.1, -0.05) is 6.07 Å². The molecule has 1 aromatic heterocycles. The fourth-order valence-corrected chi connectivity index (χ4v) is 3.50. The van der Waals surface area contributed by atoms with Crippen LogP contribution in [0.2, 0.25) is 0 Å². The lowest BCUT2D eigenvalue weighted by Crippen LogP contribution is -2.35. The smallest absolute Gasteiger partial charge is 0.254 e. The van der Waals surface area contributed by atoms with Crippen LogP contribution in [-0.2, 0) is 9.59 Å². The van der Waals surface area contributed by atoms with Gasteiger partial charge < -0.3 is 10.6 Å². The van der Waals surface area contributed by atoms with Gasteiger partial charge in [-0.15, -0.1) is 0 Å². The molecule has 3 N–H and O–H groups in total. The van der Waals surface area contributed by atoms with Gasteiger partial charge in [0, 0.05) is 41.1 Å². The van der Waals surface area contributed by atoms with Crippen LogP contribution in [0.3, 0.4) is 0 Å². The van der Waals surface area contributed by atoms with Crippen molar-refractivity contribution in [1.29, 1.82) is 0 Å². The van der Waals surface area contributed by atoms with Crippen molar-refractivity contribution in [1.82, 2.24) is 15.5 Å². The van der Waals surface area contributed by atoms with Crippen molar-refractivity contribution in [2.45, 2.75) is 19.3 Å². The zero-order chi connectivity index (χ0) is 20.7. The average Bonchev–Trinajstić information content (AvgIpc) is 3.08. The minimum absolute atomic E-state index is 0.0107. The van der Waals surface area contributed by atoms with Gasteiger partial charge in [-0.25, -0.2) is 13.2 Å². The molecule has 6 nitrogen and oxygen atoms in total. The number of nitrogens with zero attached hydrogens (tertiary/aromatic N) is 1. The van der Waals surface area contributed by atoms with Gasteiger partial charge in [0.2, 0.25) is 5.91 Å². The number of anilines is 1. The molecule has 0 spiro atoms. The van der Waals surface area contributed by atoms with E-state index in [-0.39, 0.29) is 28.9 Å². The molecule has 1 aliphatic rings. The highest BCUT2D eigenvalue weighted by atomic mass is 19.1. The maximum absolute atomic E-state index is 14.4. The molecule has 2 heterocycles. The van der Waals surface area contributed by atoms with Crippen LogP contribution >= 0.6 is 0 Å². The maximum Gasteiger partial charge on any atom is 0.254 e. The Morgan fingerprint density at radius 3 is 2.72 bits per heavy atom. The second kappa shape index (κ2) is 7.08. The number of carbonyl (C=O) groups is 2. The van der Waals surface area contributed by atoms with E-state index in [0.717, 1.165) is 6.07 Å². The summed E-state index contributed by atoms with van der Waals surface area (Å²) in [5.41, 5.74) is 0.682. The zero-order valence-corrected chi connectivity index (χ0v) is 15.1. The highest BCUT2D eigenvalue weighted by molar-refractivity contribution is 6.07. The third-order valence-electron chi connectivity index (χ3n) is 4.83. The van der Waals surface area contributed by atoms with Gasteiger partial charge in [0.05, 0.1) is 17.4 Å². The molecule has 0 saturated carbocycles. The number of carbonyl (C=O) groups excluding carboxylic acids is 2. The van der Waals surface area contributed by atoms with E-state index in [1.165, 1.54) is 31.3 Å². The standard InChI is InChI=1S/C20H15F3N4O2/c1-9-19(13(6-18(28)25-9)12-3-2-11(21)5-14(12)22)20(29)26-17-4-10-8-24-27-16(10)7-15(17)23/h2-5,7-8,13H,6H2,1H3,(H,24,27)(H,25,28)(H,26,29). The number of benzene rings is 2. The second-order valence-corrected chi connectivity index (χ2v) is 6.75. The number of fused-ring (bicyclic) bond motifs is 1. The highest BCUT2D eigenvalue weighted by Gasteiger charge is 2.33. The predicted molar refractivity (Wildman–Crippen MR) is 99.2 cm³/mol. The number of amides is 2. The average molecular weight is 400 g/mol. The van der Waals surface area contributed by atoms with Crippen LogP contribution in [0.1, 0.15) is 24.8 Å². The first-order chi connectivity index (χ1) is 13.8. The summed E-state index contributed by atoms with van der Waals surface area (Å²) in [6.45, 7) is 1.50. The van der Waals surface area contributed by atoms with Gasteiger partial charge in [-0.2, -0.15) is 5.10 Å². The van der Waals surface area contributed by atoms with Crippen molar-refractivity contribution >= 4 is 28.4 Å². The molecule has 148 valence electrons. The maximum atomic E-state index is 14.4. The number of hydrogen-bond donors (Lipinski definition) is 3. The van der Waals surface area contributed by atoms with Crippen LogP contribution in [0.15, 0.2) is 47.8 Å². The lowest BCUT2D eigenvalue weighted by atomic mass is 9.83. The second-order valence-electron chi connectivity index (χ2n) is 6.75. The Morgan fingerprint density at radius 1 is 1.17 bits per heavy atom. The Balaban J connectivity index is 1.72. The molecule has 1 atom stereocenters. The van der Waals surface area contributed by atoms with Crippen molar-refractivity contribution in [2.75, 3.05) is 5.32 Å². The minimum Gasteiger partial charge on any atom is -0.330 e. The molecule has 29 heavy (non-hydrogen) atoms. The fourth-order valence-electron chi connectivity index (χ4n) is 3.50. The molecule has 1 unspecified atom stereocenters. The highest BCUT2D eigenvalue weighted by Crippen LogP contribution is 2.35. The van der Waals surface area contributed by atoms with E-state index in [0.29, 0.717) is 17.0 Å². The van der Waals surface area contributed by atoms with Crippen LogP contribution in [-0.4, -0.2) is 22.0 Å². The third-order valence-corrected chi connectivity index (χ3v) is 4.83. The molecule has 9 heteroatoms. The number of aromatic nitrogens is 2. The lowest BCUT2D eigenvalue weighted by molar-refractivity contribution is -0.121. The van der Waals surface area contributed by atoms with Gasteiger partial charge in [-0.3, -0.25) is 14.7 Å². The number of allylic oxidation sites excluding steroid dienone is 1. The van der Waals surface area contributed by atoms with Crippen LogP contribution in [0.4, 0.5) is 18.9 Å². The van der Waals surface area contributed by atoms with Crippen molar-refractivity contribution in [3.8, 4) is 0 Å². The third kappa shape index (κ3) is 3.46. The first-order valence-corrected chi connectivity index (χ1v) is 8.73. The summed E-state index contributed by atoms with van der Waals surface area (Å²) in [4.78, 5) is 25.0. The normalized spacial score (nSPS) is 16.8. The van der Waals surface area contributed by atoms with E-state index in [1.54, 1.807) is 0 Å². The number of hydrogen-bond acceptors (Lipinski definition) is 3. The monoisotopic (exact) mass is 400 g/mol.